The molecule has 2 unspecified atom stereocenters. The van der Waals surface area contributed by atoms with E-state index in [1.54, 1.807) is 19.1 Å². The Labute approximate surface area is 120 Å². The Morgan fingerprint density at radius 1 is 1.35 bits per heavy atom. The van der Waals surface area contributed by atoms with Crippen LogP contribution in [0.2, 0.25) is 0 Å². The van der Waals surface area contributed by atoms with Gasteiger partial charge in [-0.2, -0.15) is 0 Å². The van der Waals surface area contributed by atoms with Crippen molar-refractivity contribution in [1.82, 2.24) is 4.72 Å². The molecule has 0 amide bonds. The lowest BCUT2D eigenvalue weighted by molar-refractivity contribution is -0.0645. The molecule has 1 aromatic carbocycles. The summed E-state index contributed by atoms with van der Waals surface area (Å²) in [5, 5.41) is 9.70. The van der Waals surface area contributed by atoms with Crippen LogP contribution in [0.25, 0.3) is 0 Å². The van der Waals surface area contributed by atoms with Gasteiger partial charge in [0.2, 0.25) is 10.0 Å². The van der Waals surface area contributed by atoms with Crippen LogP contribution in [0.4, 0.5) is 5.69 Å². The third kappa shape index (κ3) is 2.43. The molecule has 2 atom stereocenters. The summed E-state index contributed by atoms with van der Waals surface area (Å²) in [6.07, 6.45) is -0.0362. The van der Waals surface area contributed by atoms with E-state index >= 15 is 0 Å². The number of rotatable bonds is 3. The lowest BCUT2D eigenvalue weighted by Crippen LogP contribution is -2.61. The van der Waals surface area contributed by atoms with Crippen LogP contribution in [-0.2, 0) is 10.0 Å². The van der Waals surface area contributed by atoms with Crippen LogP contribution < -0.4 is 10.5 Å². The molecule has 0 bridgehead atoms. The number of sulfonamides is 1. The molecule has 5 nitrogen and oxygen atoms in total. The maximum atomic E-state index is 12.5. The van der Waals surface area contributed by atoms with E-state index in [9.17, 15) is 13.5 Å². The number of anilines is 1. The van der Waals surface area contributed by atoms with Crippen molar-refractivity contribution >= 4 is 15.7 Å². The van der Waals surface area contributed by atoms with E-state index in [1.165, 1.54) is 0 Å². The number of aliphatic hydroxyl groups is 1. The van der Waals surface area contributed by atoms with E-state index in [2.05, 4.69) is 4.72 Å². The summed E-state index contributed by atoms with van der Waals surface area (Å²) in [7, 11) is -3.63. The van der Waals surface area contributed by atoms with Crippen molar-refractivity contribution in [3.8, 4) is 0 Å². The number of nitrogens with two attached hydrogens (primary N) is 1. The van der Waals surface area contributed by atoms with Crippen LogP contribution in [0.3, 0.4) is 0 Å². The smallest absolute Gasteiger partial charge is 0.241 e. The van der Waals surface area contributed by atoms with Gasteiger partial charge >= 0.3 is 0 Å². The van der Waals surface area contributed by atoms with Crippen molar-refractivity contribution in [1.29, 1.82) is 0 Å². The van der Waals surface area contributed by atoms with Crippen molar-refractivity contribution < 1.29 is 13.5 Å². The highest BCUT2D eigenvalue weighted by atomic mass is 32.2. The highest BCUT2D eigenvalue weighted by Crippen LogP contribution is 2.41. The fourth-order valence-electron chi connectivity index (χ4n) is 2.48. The van der Waals surface area contributed by atoms with Gasteiger partial charge in [-0.25, -0.2) is 13.1 Å². The van der Waals surface area contributed by atoms with Gasteiger partial charge in [0.15, 0.2) is 0 Å². The average Bonchev–Trinajstić information content (AvgIpc) is 2.33. The van der Waals surface area contributed by atoms with Crippen molar-refractivity contribution in [2.75, 3.05) is 5.73 Å². The predicted octanol–water partition coefficient (Wildman–Crippen LogP) is 1.32. The highest BCUT2D eigenvalue weighted by molar-refractivity contribution is 7.89. The van der Waals surface area contributed by atoms with Gasteiger partial charge in [0, 0.05) is 17.1 Å². The number of aliphatic hydroxyl groups excluding tert-OH is 1. The highest BCUT2D eigenvalue weighted by Gasteiger charge is 2.49. The Hall–Kier alpha value is -1.11. The second-order valence-corrected chi connectivity index (χ2v) is 7.91. The van der Waals surface area contributed by atoms with Crippen molar-refractivity contribution in [2.45, 2.75) is 51.2 Å². The number of benzene rings is 1. The van der Waals surface area contributed by atoms with E-state index < -0.39 is 21.5 Å². The minimum absolute atomic E-state index is 0.215. The summed E-state index contributed by atoms with van der Waals surface area (Å²) in [4.78, 5) is 0.215. The largest absolute Gasteiger partial charge is 0.398 e. The topological polar surface area (TPSA) is 92.4 Å². The predicted molar refractivity (Wildman–Crippen MR) is 78.8 cm³/mol. The fraction of sp³-hybridized carbons (Fsp3) is 0.571. The molecule has 2 rings (SSSR count). The third-order valence-corrected chi connectivity index (χ3v) is 5.95. The van der Waals surface area contributed by atoms with Crippen LogP contribution in [0.15, 0.2) is 17.0 Å². The first kappa shape index (κ1) is 15.3. The Morgan fingerprint density at radius 3 is 2.45 bits per heavy atom. The summed E-state index contributed by atoms with van der Waals surface area (Å²) in [6, 6.07) is 3.12. The van der Waals surface area contributed by atoms with Gasteiger partial charge in [-0.15, -0.1) is 0 Å². The summed E-state index contributed by atoms with van der Waals surface area (Å²) in [5.74, 6) is 0. The van der Waals surface area contributed by atoms with E-state index in [1.807, 2.05) is 20.8 Å². The van der Waals surface area contributed by atoms with E-state index in [0.29, 0.717) is 17.7 Å². The fourth-order valence-corrected chi connectivity index (χ4v) is 4.25. The number of hydrogen-bond acceptors (Lipinski definition) is 4. The molecule has 1 aromatic rings. The zero-order valence-electron chi connectivity index (χ0n) is 12.3. The molecule has 0 heterocycles. The van der Waals surface area contributed by atoms with Crippen LogP contribution in [0, 0.1) is 19.3 Å². The lowest BCUT2D eigenvalue weighted by Gasteiger charge is -2.49. The Morgan fingerprint density at radius 2 is 1.95 bits per heavy atom. The van der Waals surface area contributed by atoms with E-state index in [0.717, 1.165) is 5.56 Å². The number of aryl methyl sites for hydroxylation is 1. The number of nitrogen functional groups attached to an aromatic ring is 1. The monoisotopic (exact) mass is 298 g/mol. The number of nitrogens with one attached hydrogen (secondary N) is 1. The molecule has 4 N–H and O–H groups in total. The molecule has 112 valence electrons. The third-order valence-electron chi connectivity index (χ3n) is 4.35. The summed E-state index contributed by atoms with van der Waals surface area (Å²) >= 11 is 0. The van der Waals surface area contributed by atoms with Crippen LogP contribution in [0.1, 0.15) is 31.4 Å². The molecule has 1 aliphatic rings. The standard InChI is InChI=1S/C14H22N2O3S/c1-8-5-10(15)9(2)11(6-8)20(18,19)16-12-7-13(17)14(12,3)4/h5-6,12-13,16-17H,7,15H2,1-4H3. The van der Waals surface area contributed by atoms with Gasteiger partial charge < -0.3 is 10.8 Å². The number of hydrogen-bond donors (Lipinski definition) is 3. The summed E-state index contributed by atoms with van der Waals surface area (Å²) in [6.45, 7) is 7.22. The van der Waals surface area contributed by atoms with Gasteiger partial charge in [0.1, 0.15) is 0 Å². The first-order chi connectivity index (χ1) is 9.05. The molecule has 0 aromatic heterocycles. The maximum Gasteiger partial charge on any atom is 0.241 e. The zero-order valence-corrected chi connectivity index (χ0v) is 13.1. The quantitative estimate of drug-likeness (QED) is 0.734. The van der Waals surface area contributed by atoms with Gasteiger partial charge in [0.05, 0.1) is 11.0 Å². The Bertz CT molecular complexity index is 638. The SMILES string of the molecule is Cc1cc(N)c(C)c(S(=O)(=O)NC2CC(O)C2(C)C)c1. The Balaban J connectivity index is 2.33. The average molecular weight is 298 g/mol. The van der Waals surface area contributed by atoms with Crippen molar-refractivity contribution in [3.63, 3.8) is 0 Å². The van der Waals surface area contributed by atoms with Crippen LogP contribution in [-0.4, -0.2) is 25.7 Å². The van der Waals surface area contributed by atoms with Gasteiger partial charge in [-0.05, 0) is 43.5 Å². The van der Waals surface area contributed by atoms with E-state index in [-0.39, 0.29) is 10.9 Å². The molecule has 0 radical (unpaired) electrons. The minimum atomic E-state index is -3.63. The van der Waals surface area contributed by atoms with Gasteiger partial charge in [-0.3, -0.25) is 0 Å². The Kier molecular flexibility index (Phi) is 3.60. The molecule has 0 spiro atoms. The second-order valence-electron chi connectivity index (χ2n) is 6.22. The van der Waals surface area contributed by atoms with Gasteiger partial charge in [-0.1, -0.05) is 13.8 Å². The van der Waals surface area contributed by atoms with Crippen molar-refractivity contribution in [3.05, 3.63) is 23.3 Å². The minimum Gasteiger partial charge on any atom is -0.398 e. The first-order valence-electron chi connectivity index (χ1n) is 6.63. The van der Waals surface area contributed by atoms with Crippen LogP contribution in [0.5, 0.6) is 0 Å². The van der Waals surface area contributed by atoms with Crippen molar-refractivity contribution in [2.24, 2.45) is 5.41 Å². The zero-order chi connectivity index (χ0) is 15.3. The van der Waals surface area contributed by atoms with Crippen LogP contribution >= 0.6 is 0 Å². The molecule has 1 aliphatic carbocycles. The molecule has 1 fully saturated rings. The lowest BCUT2D eigenvalue weighted by atomic mass is 9.65. The summed E-state index contributed by atoms with van der Waals surface area (Å²) < 4.78 is 27.7. The molecule has 0 saturated heterocycles. The second kappa shape index (κ2) is 4.72. The van der Waals surface area contributed by atoms with E-state index in [4.69, 9.17) is 5.73 Å². The molecule has 1 saturated carbocycles. The maximum absolute atomic E-state index is 12.5. The molecule has 6 heteroatoms. The van der Waals surface area contributed by atoms with Gasteiger partial charge in [0.25, 0.3) is 0 Å². The summed E-state index contributed by atoms with van der Waals surface area (Å²) in [5.41, 5.74) is 7.22. The molecular weight excluding hydrogens is 276 g/mol. The molecule has 20 heavy (non-hydrogen) atoms. The normalized spacial score (nSPS) is 25.2. The molecular formula is C14H22N2O3S. The molecule has 0 aliphatic heterocycles. The first-order valence-corrected chi connectivity index (χ1v) is 8.11.